The molecule has 19 heavy (non-hydrogen) atoms. The summed E-state index contributed by atoms with van der Waals surface area (Å²) in [5, 5.41) is 9.02. The molecule has 0 bridgehead atoms. The first-order chi connectivity index (χ1) is 8.84. The SMILES string of the molecule is NC(=O)CCCNS(=O)(=O)N1CCCCC1C(=O)O. The average Bonchev–Trinajstić information content (AvgIpc) is 2.34. The van der Waals surface area contributed by atoms with Gasteiger partial charge in [-0.1, -0.05) is 0 Å². The van der Waals surface area contributed by atoms with Crippen molar-refractivity contribution in [3.8, 4) is 0 Å². The van der Waals surface area contributed by atoms with Crippen LogP contribution in [0.25, 0.3) is 0 Å². The highest BCUT2D eigenvalue weighted by atomic mass is 32.2. The first-order valence-corrected chi connectivity index (χ1v) is 7.56. The third-order valence-electron chi connectivity index (χ3n) is 2.93. The van der Waals surface area contributed by atoms with Crippen LogP contribution in [-0.4, -0.2) is 48.8 Å². The van der Waals surface area contributed by atoms with Gasteiger partial charge in [-0.3, -0.25) is 9.59 Å². The van der Waals surface area contributed by atoms with Crippen molar-refractivity contribution < 1.29 is 23.1 Å². The van der Waals surface area contributed by atoms with Crippen LogP contribution in [0.15, 0.2) is 0 Å². The van der Waals surface area contributed by atoms with Gasteiger partial charge in [0.1, 0.15) is 6.04 Å². The van der Waals surface area contributed by atoms with E-state index < -0.39 is 28.1 Å². The molecule has 1 heterocycles. The number of nitrogens with two attached hydrogens (primary N) is 1. The summed E-state index contributed by atoms with van der Waals surface area (Å²) in [6.45, 7) is 0.260. The Morgan fingerprint density at radius 2 is 2.05 bits per heavy atom. The van der Waals surface area contributed by atoms with Crippen molar-refractivity contribution in [1.82, 2.24) is 9.03 Å². The molecule has 1 saturated heterocycles. The third-order valence-corrected chi connectivity index (χ3v) is 4.56. The third kappa shape index (κ3) is 4.77. The second-order valence-electron chi connectivity index (χ2n) is 4.43. The largest absolute Gasteiger partial charge is 0.480 e. The quantitative estimate of drug-likeness (QED) is 0.520. The van der Waals surface area contributed by atoms with E-state index in [9.17, 15) is 18.0 Å². The van der Waals surface area contributed by atoms with Gasteiger partial charge in [0.2, 0.25) is 5.91 Å². The summed E-state index contributed by atoms with van der Waals surface area (Å²) in [5.74, 6) is -1.64. The molecule has 1 aliphatic heterocycles. The molecule has 0 aromatic rings. The Kier molecular flexibility index (Phi) is 5.70. The Morgan fingerprint density at radius 3 is 2.63 bits per heavy atom. The number of nitrogens with zero attached hydrogens (tertiary/aromatic N) is 1. The molecule has 0 aromatic carbocycles. The van der Waals surface area contributed by atoms with E-state index >= 15 is 0 Å². The molecule has 8 nitrogen and oxygen atoms in total. The second kappa shape index (κ2) is 6.83. The maximum atomic E-state index is 12.0. The summed E-state index contributed by atoms with van der Waals surface area (Å²) >= 11 is 0. The standard InChI is InChI=1S/C10H19N3O5S/c11-9(14)5-3-6-12-19(17,18)13-7-2-1-4-8(13)10(15)16/h8,12H,1-7H2,(H2,11,14)(H,15,16). The molecule has 0 radical (unpaired) electrons. The number of amides is 1. The van der Waals surface area contributed by atoms with Crippen LogP contribution in [0.3, 0.4) is 0 Å². The molecule has 0 aliphatic carbocycles. The van der Waals surface area contributed by atoms with Gasteiger partial charge < -0.3 is 10.8 Å². The van der Waals surface area contributed by atoms with Crippen LogP contribution < -0.4 is 10.5 Å². The number of hydrogen-bond donors (Lipinski definition) is 3. The van der Waals surface area contributed by atoms with Gasteiger partial charge in [-0.2, -0.15) is 12.7 Å². The lowest BCUT2D eigenvalue weighted by Crippen LogP contribution is -2.52. The summed E-state index contributed by atoms with van der Waals surface area (Å²) in [7, 11) is -3.83. The normalized spacial score (nSPS) is 21.2. The summed E-state index contributed by atoms with van der Waals surface area (Å²) in [5.41, 5.74) is 4.94. The van der Waals surface area contributed by atoms with Crippen LogP contribution in [0.2, 0.25) is 0 Å². The van der Waals surface area contributed by atoms with Crippen molar-refractivity contribution in [3.63, 3.8) is 0 Å². The van der Waals surface area contributed by atoms with Gasteiger partial charge in [0.05, 0.1) is 0 Å². The Hall–Kier alpha value is -1.19. The molecule has 1 unspecified atom stereocenters. The van der Waals surface area contributed by atoms with Crippen LogP contribution in [0.1, 0.15) is 32.1 Å². The second-order valence-corrected chi connectivity index (χ2v) is 6.14. The van der Waals surface area contributed by atoms with Crippen molar-refractivity contribution in [1.29, 1.82) is 0 Å². The van der Waals surface area contributed by atoms with E-state index in [0.29, 0.717) is 25.7 Å². The Labute approximate surface area is 112 Å². The average molecular weight is 293 g/mol. The number of nitrogens with one attached hydrogen (secondary N) is 1. The van der Waals surface area contributed by atoms with Crippen molar-refractivity contribution in [2.24, 2.45) is 5.73 Å². The zero-order valence-electron chi connectivity index (χ0n) is 10.5. The molecule has 4 N–H and O–H groups in total. The van der Waals surface area contributed by atoms with E-state index in [1.54, 1.807) is 0 Å². The minimum atomic E-state index is -3.83. The molecule has 1 rings (SSSR count). The van der Waals surface area contributed by atoms with E-state index in [1.807, 2.05) is 0 Å². The maximum Gasteiger partial charge on any atom is 0.322 e. The van der Waals surface area contributed by atoms with Crippen molar-refractivity contribution >= 4 is 22.1 Å². The number of aliphatic carboxylic acids is 1. The molecular weight excluding hydrogens is 274 g/mol. The number of piperidine rings is 1. The minimum Gasteiger partial charge on any atom is -0.480 e. The number of hydrogen-bond acceptors (Lipinski definition) is 4. The van der Waals surface area contributed by atoms with E-state index in [-0.39, 0.29) is 19.5 Å². The number of primary amides is 1. The van der Waals surface area contributed by atoms with Crippen LogP contribution in [-0.2, 0) is 19.8 Å². The summed E-state index contributed by atoms with van der Waals surface area (Å²) in [6.07, 6.45) is 2.04. The van der Waals surface area contributed by atoms with Crippen molar-refractivity contribution in [2.45, 2.75) is 38.1 Å². The smallest absolute Gasteiger partial charge is 0.322 e. The van der Waals surface area contributed by atoms with E-state index in [1.165, 1.54) is 0 Å². The summed E-state index contributed by atoms with van der Waals surface area (Å²) in [6, 6.07) is -1.01. The zero-order chi connectivity index (χ0) is 14.5. The lowest BCUT2D eigenvalue weighted by Gasteiger charge is -2.31. The van der Waals surface area contributed by atoms with Crippen molar-refractivity contribution in [2.75, 3.05) is 13.1 Å². The molecule has 1 aliphatic rings. The molecule has 0 aromatic heterocycles. The predicted octanol–water partition coefficient (Wildman–Crippen LogP) is -0.975. The van der Waals surface area contributed by atoms with Gasteiger partial charge in [0, 0.05) is 19.5 Å². The van der Waals surface area contributed by atoms with E-state index in [2.05, 4.69) is 4.72 Å². The Bertz CT molecular complexity index is 436. The van der Waals surface area contributed by atoms with Gasteiger partial charge in [-0.05, 0) is 25.7 Å². The number of carbonyl (C=O) groups is 2. The van der Waals surface area contributed by atoms with Gasteiger partial charge in [0.15, 0.2) is 0 Å². The van der Waals surface area contributed by atoms with Gasteiger partial charge in [-0.25, -0.2) is 4.72 Å². The zero-order valence-corrected chi connectivity index (χ0v) is 11.4. The molecule has 9 heteroatoms. The molecule has 0 saturated carbocycles. The topological polar surface area (TPSA) is 130 Å². The number of carboxylic acids is 1. The van der Waals surface area contributed by atoms with Gasteiger partial charge >= 0.3 is 5.97 Å². The fourth-order valence-corrected chi connectivity index (χ4v) is 3.45. The summed E-state index contributed by atoms with van der Waals surface area (Å²) < 4.78 is 27.2. The molecule has 1 fully saturated rings. The monoisotopic (exact) mass is 293 g/mol. The van der Waals surface area contributed by atoms with Crippen molar-refractivity contribution in [3.05, 3.63) is 0 Å². The van der Waals surface area contributed by atoms with Crippen LogP contribution in [0, 0.1) is 0 Å². The first-order valence-electron chi connectivity index (χ1n) is 6.12. The minimum absolute atomic E-state index is 0.0636. The number of carboxylic acid groups (broad SMARTS) is 1. The lowest BCUT2D eigenvalue weighted by atomic mass is 10.1. The maximum absolute atomic E-state index is 12.0. The first kappa shape index (κ1) is 15.9. The highest BCUT2D eigenvalue weighted by Crippen LogP contribution is 2.19. The van der Waals surface area contributed by atoms with Crippen LogP contribution in [0.4, 0.5) is 0 Å². The molecule has 0 spiro atoms. The highest BCUT2D eigenvalue weighted by molar-refractivity contribution is 7.87. The fourth-order valence-electron chi connectivity index (χ4n) is 1.99. The molecule has 110 valence electrons. The lowest BCUT2D eigenvalue weighted by molar-refractivity contribution is -0.142. The summed E-state index contributed by atoms with van der Waals surface area (Å²) in [4.78, 5) is 21.6. The predicted molar refractivity (Wildman–Crippen MR) is 67.3 cm³/mol. The molecule has 1 atom stereocenters. The van der Waals surface area contributed by atoms with Crippen LogP contribution >= 0.6 is 0 Å². The van der Waals surface area contributed by atoms with E-state index in [4.69, 9.17) is 10.8 Å². The fraction of sp³-hybridized carbons (Fsp3) is 0.800. The Morgan fingerprint density at radius 1 is 1.37 bits per heavy atom. The number of carbonyl (C=O) groups excluding carboxylic acids is 1. The van der Waals surface area contributed by atoms with Gasteiger partial charge in [0.25, 0.3) is 10.2 Å². The highest BCUT2D eigenvalue weighted by Gasteiger charge is 2.36. The molecular formula is C10H19N3O5S. The molecule has 1 amide bonds. The number of rotatable bonds is 7. The Balaban J connectivity index is 2.59. The van der Waals surface area contributed by atoms with E-state index in [0.717, 1.165) is 4.31 Å². The van der Waals surface area contributed by atoms with Crippen LogP contribution in [0.5, 0.6) is 0 Å². The van der Waals surface area contributed by atoms with Gasteiger partial charge in [-0.15, -0.1) is 0 Å².